The molecule has 1 saturated heterocycles. The molecule has 1 aromatic rings. The lowest BCUT2D eigenvalue weighted by atomic mass is 9.99. The number of rotatable bonds is 6. The van der Waals surface area contributed by atoms with Crippen molar-refractivity contribution in [2.24, 2.45) is 0 Å². The maximum absolute atomic E-state index is 11.4. The minimum Gasteiger partial charge on any atom is -0.455 e. The number of carbonyl (C=O) groups is 2. The van der Waals surface area contributed by atoms with Crippen molar-refractivity contribution in [1.29, 1.82) is 0 Å². The van der Waals surface area contributed by atoms with Crippen molar-refractivity contribution < 1.29 is 33.6 Å². The maximum atomic E-state index is 11.4. The summed E-state index contributed by atoms with van der Waals surface area (Å²) in [6, 6.07) is 9.63. The Morgan fingerprint density at radius 3 is 2.28 bits per heavy atom. The summed E-state index contributed by atoms with van der Waals surface area (Å²) in [6.45, 7) is 2.45. The van der Waals surface area contributed by atoms with Crippen LogP contribution >= 0.6 is 11.8 Å². The van der Waals surface area contributed by atoms with Crippen molar-refractivity contribution in [3.05, 3.63) is 30.3 Å². The van der Waals surface area contributed by atoms with Gasteiger partial charge in [0.1, 0.15) is 6.10 Å². The van der Waals surface area contributed by atoms with Gasteiger partial charge in [0.05, 0.1) is 6.10 Å². The Labute approximate surface area is 150 Å². The summed E-state index contributed by atoms with van der Waals surface area (Å²) in [6.07, 6.45) is -4.87. The summed E-state index contributed by atoms with van der Waals surface area (Å²) in [5.74, 6) is -0.764. The van der Waals surface area contributed by atoms with Gasteiger partial charge >= 0.3 is 11.9 Å². The van der Waals surface area contributed by atoms with Gasteiger partial charge in [0.25, 0.3) is 0 Å². The molecule has 1 aromatic carbocycles. The molecule has 0 aliphatic carbocycles. The van der Waals surface area contributed by atoms with E-state index >= 15 is 0 Å². The zero-order chi connectivity index (χ0) is 18.4. The Kier molecular flexibility index (Phi) is 7.24. The molecule has 8 heteroatoms. The van der Waals surface area contributed by atoms with Crippen molar-refractivity contribution in [2.75, 3.05) is 12.9 Å². The van der Waals surface area contributed by atoms with Crippen LogP contribution in [-0.4, -0.2) is 60.6 Å². The van der Waals surface area contributed by atoms with Crippen LogP contribution in [0.4, 0.5) is 0 Å². The number of esters is 2. The number of methoxy groups -OCH3 is 1. The molecule has 1 heterocycles. The molecule has 1 fully saturated rings. The minimum absolute atomic E-state index is 0.412. The molecular formula is C17H22O7S. The first-order valence-corrected chi connectivity index (χ1v) is 8.79. The highest BCUT2D eigenvalue weighted by Crippen LogP contribution is 2.30. The zero-order valence-corrected chi connectivity index (χ0v) is 15.1. The molecule has 1 N–H and O–H groups in total. The molecule has 0 saturated carbocycles. The molecule has 0 bridgehead atoms. The highest BCUT2D eigenvalue weighted by Gasteiger charge is 2.49. The first-order chi connectivity index (χ1) is 11.9. The third-order valence-corrected chi connectivity index (χ3v) is 4.71. The van der Waals surface area contributed by atoms with Crippen LogP contribution in [0, 0.1) is 0 Å². The van der Waals surface area contributed by atoms with E-state index in [1.807, 2.05) is 30.3 Å². The lowest BCUT2D eigenvalue weighted by Crippen LogP contribution is -2.61. The maximum Gasteiger partial charge on any atom is 0.303 e. The number of carbonyl (C=O) groups excluding carboxylic acids is 2. The van der Waals surface area contributed by atoms with Crippen LogP contribution in [0.1, 0.15) is 13.8 Å². The Morgan fingerprint density at radius 1 is 1.12 bits per heavy atom. The molecule has 0 spiro atoms. The van der Waals surface area contributed by atoms with Gasteiger partial charge in [-0.15, -0.1) is 11.8 Å². The number of aliphatic hydroxyl groups excluding tert-OH is 1. The number of aliphatic hydroxyl groups is 1. The fourth-order valence-corrected chi connectivity index (χ4v) is 3.54. The van der Waals surface area contributed by atoms with Gasteiger partial charge in [-0.1, -0.05) is 18.2 Å². The van der Waals surface area contributed by atoms with Crippen LogP contribution in [0.25, 0.3) is 0 Å². The van der Waals surface area contributed by atoms with Crippen molar-refractivity contribution in [3.63, 3.8) is 0 Å². The quantitative estimate of drug-likeness (QED) is 0.593. The van der Waals surface area contributed by atoms with Gasteiger partial charge in [0, 0.05) is 31.6 Å². The molecular weight excluding hydrogens is 348 g/mol. The van der Waals surface area contributed by atoms with E-state index in [1.165, 1.54) is 32.7 Å². The van der Waals surface area contributed by atoms with Crippen molar-refractivity contribution in [1.82, 2.24) is 0 Å². The summed E-state index contributed by atoms with van der Waals surface area (Å²) >= 11 is 1.49. The Bertz CT molecular complexity index is 580. The lowest BCUT2D eigenvalue weighted by Gasteiger charge is -2.42. The number of benzene rings is 1. The highest BCUT2D eigenvalue weighted by molar-refractivity contribution is 7.99. The van der Waals surface area contributed by atoms with E-state index in [0.29, 0.717) is 5.75 Å². The number of thioether (sulfide) groups is 1. The SMILES string of the molecule is CO[C@H]1O[C@H](CSc2ccccc2)[C@@H](O)[C@H](OC(C)=O)[C@H]1OC(C)=O. The predicted octanol–water partition coefficient (Wildman–Crippen LogP) is 1.37. The second-order valence-corrected chi connectivity index (χ2v) is 6.63. The molecule has 7 nitrogen and oxygen atoms in total. The first kappa shape index (κ1) is 19.7. The predicted molar refractivity (Wildman–Crippen MR) is 90.0 cm³/mol. The molecule has 2 rings (SSSR count). The van der Waals surface area contributed by atoms with Crippen LogP contribution < -0.4 is 0 Å². The number of hydrogen-bond acceptors (Lipinski definition) is 8. The Balaban J connectivity index is 2.13. The van der Waals surface area contributed by atoms with Gasteiger partial charge in [0.2, 0.25) is 0 Å². The second kappa shape index (κ2) is 9.19. The third-order valence-electron chi connectivity index (χ3n) is 3.61. The second-order valence-electron chi connectivity index (χ2n) is 5.54. The zero-order valence-electron chi connectivity index (χ0n) is 14.3. The van der Waals surface area contributed by atoms with Crippen LogP contribution in [0.15, 0.2) is 35.2 Å². The van der Waals surface area contributed by atoms with E-state index in [-0.39, 0.29) is 0 Å². The summed E-state index contributed by atoms with van der Waals surface area (Å²) in [5, 5.41) is 10.6. The van der Waals surface area contributed by atoms with Crippen molar-refractivity contribution in [2.45, 2.75) is 49.4 Å². The molecule has 1 aliphatic heterocycles. The molecule has 25 heavy (non-hydrogen) atoms. The van der Waals surface area contributed by atoms with Gasteiger partial charge in [-0.2, -0.15) is 0 Å². The summed E-state index contributed by atoms with van der Waals surface area (Å²) < 4.78 is 21.3. The van der Waals surface area contributed by atoms with E-state index in [2.05, 4.69) is 0 Å². The monoisotopic (exact) mass is 370 g/mol. The fraction of sp³-hybridized carbons (Fsp3) is 0.529. The standard InChI is InChI=1S/C17H22O7S/c1-10(18)22-15-14(20)13(9-25-12-7-5-4-6-8-12)24-17(21-3)16(15)23-11(2)19/h4-8,13-17,20H,9H2,1-3H3/t13-,14-,15+,16-,17+/m1/s1. The molecule has 1 aliphatic rings. The topological polar surface area (TPSA) is 91.3 Å². The molecule has 0 aromatic heterocycles. The molecule has 0 unspecified atom stereocenters. The van der Waals surface area contributed by atoms with Gasteiger partial charge in [-0.05, 0) is 12.1 Å². The van der Waals surface area contributed by atoms with Crippen molar-refractivity contribution >= 4 is 23.7 Å². The summed E-state index contributed by atoms with van der Waals surface area (Å²) in [5.41, 5.74) is 0. The first-order valence-electron chi connectivity index (χ1n) is 7.81. The molecule has 138 valence electrons. The van der Waals surface area contributed by atoms with Crippen LogP contribution in [0.2, 0.25) is 0 Å². The van der Waals surface area contributed by atoms with Crippen LogP contribution in [0.3, 0.4) is 0 Å². The largest absolute Gasteiger partial charge is 0.455 e. The molecule has 0 amide bonds. The van der Waals surface area contributed by atoms with E-state index < -0.39 is 42.6 Å². The van der Waals surface area contributed by atoms with Gasteiger partial charge in [-0.25, -0.2) is 0 Å². The van der Waals surface area contributed by atoms with Crippen LogP contribution in [0.5, 0.6) is 0 Å². The van der Waals surface area contributed by atoms with E-state index in [9.17, 15) is 14.7 Å². The summed E-state index contributed by atoms with van der Waals surface area (Å²) in [4.78, 5) is 23.8. The molecule has 5 atom stereocenters. The van der Waals surface area contributed by atoms with Crippen LogP contribution in [-0.2, 0) is 28.5 Å². The fourth-order valence-electron chi connectivity index (χ4n) is 2.56. The van der Waals surface area contributed by atoms with Gasteiger partial charge in [-0.3, -0.25) is 9.59 Å². The highest BCUT2D eigenvalue weighted by atomic mass is 32.2. The average Bonchev–Trinajstić information content (AvgIpc) is 2.57. The Hall–Kier alpha value is -1.61. The third kappa shape index (κ3) is 5.43. The minimum atomic E-state index is -1.16. The van der Waals surface area contributed by atoms with E-state index in [1.54, 1.807) is 0 Å². The Morgan fingerprint density at radius 2 is 1.72 bits per heavy atom. The lowest BCUT2D eigenvalue weighted by molar-refractivity contribution is -0.291. The van der Waals surface area contributed by atoms with E-state index in [4.69, 9.17) is 18.9 Å². The normalized spacial score (nSPS) is 29.0. The van der Waals surface area contributed by atoms with Gasteiger partial charge < -0.3 is 24.1 Å². The summed E-state index contributed by atoms with van der Waals surface area (Å²) in [7, 11) is 1.39. The van der Waals surface area contributed by atoms with Gasteiger partial charge in [0.15, 0.2) is 18.5 Å². The molecule has 0 radical (unpaired) electrons. The number of ether oxygens (including phenoxy) is 4. The number of hydrogen-bond donors (Lipinski definition) is 1. The smallest absolute Gasteiger partial charge is 0.303 e. The average molecular weight is 370 g/mol. The van der Waals surface area contributed by atoms with Crippen molar-refractivity contribution in [3.8, 4) is 0 Å². The van der Waals surface area contributed by atoms with E-state index in [0.717, 1.165) is 4.90 Å².